The molecule has 0 fully saturated rings. The van der Waals surface area contributed by atoms with Gasteiger partial charge in [-0.1, -0.05) is 291 Å². The van der Waals surface area contributed by atoms with Crippen molar-refractivity contribution in [1.82, 2.24) is 0 Å². The van der Waals surface area contributed by atoms with Gasteiger partial charge < -0.3 is 28.2 Å². The highest BCUT2D eigenvalue weighted by Crippen LogP contribution is 2.57. The van der Waals surface area contributed by atoms with Gasteiger partial charge in [-0.05, 0) is 194 Å². The molecule has 4 nitrogen and oxygen atoms in total. The maximum atomic E-state index is 8.58. The van der Waals surface area contributed by atoms with E-state index in [2.05, 4.69) is 485 Å². The zero-order chi connectivity index (χ0) is 72.3. The predicted octanol–water partition coefficient (Wildman–Crippen LogP) is 12.1. The average Bonchev–Trinajstić information content (AvgIpc) is 0.763. The molecule has 0 saturated heterocycles. The van der Waals surface area contributed by atoms with Crippen molar-refractivity contribution >= 4 is 123 Å². The molecule has 0 aromatic heterocycles. The van der Waals surface area contributed by atoms with Gasteiger partial charge in [-0.15, -0.1) is 0 Å². The van der Waals surface area contributed by atoms with Crippen molar-refractivity contribution < 1.29 is 19.2 Å². The molecule has 0 N–H and O–H groups in total. The number of benzene rings is 16. The van der Waals surface area contributed by atoms with Crippen molar-refractivity contribution in [3.63, 3.8) is 0 Å². The Hall–Kier alpha value is -10.7. The zero-order valence-corrected chi connectivity index (χ0v) is 62.7. The first-order valence-corrected chi connectivity index (χ1v) is 43.8. The largest absolute Gasteiger partial charge is 0.894 e. The van der Waals surface area contributed by atoms with Crippen LogP contribution in [0.2, 0.25) is 0 Å². The summed E-state index contributed by atoms with van der Waals surface area (Å²) in [5.74, 6) is 0. The molecule has 0 saturated carbocycles. The Morgan fingerprint density at radius 1 is 0.105 bits per heavy atom. The molecule has 0 aliphatic heterocycles. The molecule has 105 heavy (non-hydrogen) atoms. The van der Waals surface area contributed by atoms with Crippen LogP contribution >= 0.6 is 29.0 Å². The summed E-state index contributed by atoms with van der Waals surface area (Å²) < 4.78 is 0. The first kappa shape index (κ1) is 74.0. The fraction of sp³-hybridized carbons (Fsp3) is 0. The van der Waals surface area contributed by atoms with E-state index in [1.54, 1.807) is 0 Å². The molecule has 0 amide bonds. The lowest BCUT2D eigenvalue weighted by molar-refractivity contribution is -0.624. The summed E-state index contributed by atoms with van der Waals surface area (Å²) in [6.45, 7) is 0. The molecule has 9 heteroatoms. The van der Waals surface area contributed by atoms with Gasteiger partial charge in [0.25, 0.3) is 0 Å². The molecule has 512 valence electrons. The van der Waals surface area contributed by atoms with Gasteiger partial charge in [0.05, 0.1) is 0 Å². The number of hydrogen-bond acceptors (Lipinski definition) is 4. The van der Waals surface area contributed by atoms with Crippen LogP contribution in [0.5, 0.6) is 0 Å². The first-order chi connectivity index (χ1) is 51.7. The Morgan fingerprint density at radius 2 is 0.152 bits per heavy atom. The smallest absolute Gasteiger partial charge is 0.144 e. The highest BCUT2D eigenvalue weighted by Gasteiger charge is 2.51. The molecular weight excluding hydrogens is 1370 g/mol. The normalized spacial score (nSPS) is 11.2. The molecule has 0 aliphatic carbocycles. The first-order valence-electron chi connectivity index (χ1n) is 35.0. The van der Waals surface area contributed by atoms with E-state index in [1.807, 2.05) is 0 Å². The minimum absolute atomic E-state index is 1.39. The van der Waals surface area contributed by atoms with Crippen LogP contribution in [-0.2, 0) is 0 Å². The lowest BCUT2D eigenvalue weighted by Gasteiger charge is -2.67. The summed E-state index contributed by atoms with van der Waals surface area (Å²) in [5, 5.41) is 22.2. The third kappa shape index (κ3) is 17.1. The minimum Gasteiger partial charge on any atom is -0.894 e. The van der Waals surface area contributed by atoms with Gasteiger partial charge in [-0.2, -0.15) is 0 Å². The fourth-order valence-corrected chi connectivity index (χ4v) is 31.1. The molecular formula is C96H80O4P4Si. The third-order valence-electron chi connectivity index (χ3n) is 18.3. The van der Waals surface area contributed by atoms with E-state index in [9.17, 15) is 0 Å². The summed E-state index contributed by atoms with van der Waals surface area (Å²) in [6.07, 6.45) is 0. The van der Waals surface area contributed by atoms with Crippen molar-refractivity contribution in [2.75, 3.05) is 0 Å². The number of rotatable bonds is 16. The second kappa shape index (κ2) is 36.6. The van der Waals surface area contributed by atoms with Crippen LogP contribution in [0.25, 0.3) is 0 Å². The van der Waals surface area contributed by atoms with E-state index in [0.29, 0.717) is 0 Å². The molecule has 0 bridgehead atoms. The second-order valence-corrected chi connectivity index (χ2v) is 39.2. The highest BCUT2D eigenvalue weighted by atomic mass is 31.2. The molecule has 0 heterocycles. The van der Waals surface area contributed by atoms with Gasteiger partial charge in [0.1, 0.15) is 114 Å². The highest BCUT2D eigenvalue weighted by molar-refractivity contribution is 8.03. The Morgan fingerprint density at radius 3 is 0.200 bits per heavy atom. The van der Waals surface area contributed by atoms with E-state index in [-0.39, 0.29) is 0 Å². The standard InChI is InChI=1S/4C24H20P.O4Si/c4*1-5-13-21(14-6-1)25(22-15-7-2-8-16-22,23-17-9-3-10-18-23)24-19-11-4-12-20-24;1-5(2,3)4/h4*1-20H;/q4*+1;-4. The maximum Gasteiger partial charge on any atom is 0.144 e. The van der Waals surface area contributed by atoms with Crippen LogP contribution in [0, 0.1) is 0 Å². The van der Waals surface area contributed by atoms with Crippen LogP contribution in [0.1, 0.15) is 0 Å². The molecule has 0 aliphatic rings. The zero-order valence-electron chi connectivity index (χ0n) is 58.1. The van der Waals surface area contributed by atoms with Crippen molar-refractivity contribution in [2.24, 2.45) is 0 Å². The Labute approximate surface area is 623 Å². The van der Waals surface area contributed by atoms with Crippen molar-refractivity contribution in [3.8, 4) is 0 Å². The molecule has 0 atom stereocenters. The van der Waals surface area contributed by atoms with E-state index in [1.165, 1.54) is 84.9 Å². The Kier molecular flexibility index (Phi) is 25.8. The van der Waals surface area contributed by atoms with Gasteiger partial charge in [-0.3, -0.25) is 0 Å². The summed E-state index contributed by atoms with van der Waals surface area (Å²) in [4.78, 5) is 34.3. The van der Waals surface area contributed by atoms with E-state index in [0.717, 1.165) is 0 Å². The summed E-state index contributed by atoms with van der Waals surface area (Å²) >= 11 is 0. The SMILES string of the molecule is [O-][Si]([O-])([O-])[O-].c1ccc([P+](c2ccccc2)(c2ccccc2)c2ccccc2)cc1.c1ccc([P+](c2ccccc2)(c2ccccc2)c2ccccc2)cc1.c1ccc([P+](c2ccccc2)(c2ccccc2)c2ccccc2)cc1.c1ccc([P+](c2ccccc2)(c2ccccc2)c2ccccc2)cc1. The Bertz CT molecular complexity index is 3800. The summed E-state index contributed by atoms with van der Waals surface area (Å²) in [5.41, 5.74) is 0. The third-order valence-corrected chi connectivity index (χ3v) is 35.5. The monoisotopic (exact) mass is 1450 g/mol. The lowest BCUT2D eigenvalue weighted by atomic mass is 10.3. The molecule has 16 rings (SSSR count). The van der Waals surface area contributed by atoms with Crippen LogP contribution in [-0.4, -0.2) is 9.05 Å². The molecule has 0 radical (unpaired) electrons. The van der Waals surface area contributed by atoms with Crippen LogP contribution < -0.4 is 104 Å². The van der Waals surface area contributed by atoms with Gasteiger partial charge in [0.15, 0.2) is 0 Å². The van der Waals surface area contributed by atoms with Gasteiger partial charge in [0, 0.05) is 0 Å². The van der Waals surface area contributed by atoms with Crippen molar-refractivity contribution in [3.05, 3.63) is 485 Å². The van der Waals surface area contributed by atoms with Crippen LogP contribution in [0.3, 0.4) is 0 Å². The Balaban J connectivity index is 0.000000128. The van der Waals surface area contributed by atoms with Crippen LogP contribution in [0.15, 0.2) is 485 Å². The molecule has 0 spiro atoms. The average molecular weight is 1450 g/mol. The molecule has 16 aromatic rings. The summed E-state index contributed by atoms with van der Waals surface area (Å²) in [7, 11) is -13.2. The molecule has 16 aromatic carbocycles. The van der Waals surface area contributed by atoms with E-state index < -0.39 is 38.1 Å². The minimum atomic E-state index is -5.61. The quantitative estimate of drug-likeness (QED) is 0.0712. The van der Waals surface area contributed by atoms with Gasteiger partial charge in [-0.25, -0.2) is 0 Å². The van der Waals surface area contributed by atoms with E-state index in [4.69, 9.17) is 19.2 Å². The van der Waals surface area contributed by atoms with Crippen molar-refractivity contribution in [2.45, 2.75) is 0 Å². The molecule has 0 unspecified atom stereocenters. The van der Waals surface area contributed by atoms with Gasteiger partial charge >= 0.3 is 0 Å². The van der Waals surface area contributed by atoms with Crippen molar-refractivity contribution in [1.29, 1.82) is 0 Å². The predicted molar refractivity (Wildman–Crippen MR) is 451 cm³/mol. The topological polar surface area (TPSA) is 92.2 Å². The number of hydrogen-bond donors (Lipinski definition) is 0. The summed E-state index contributed by atoms with van der Waals surface area (Å²) in [6, 6.07) is 175. The van der Waals surface area contributed by atoms with Gasteiger partial charge in [0.2, 0.25) is 0 Å². The second-order valence-electron chi connectivity index (χ2n) is 24.6. The lowest BCUT2D eigenvalue weighted by Crippen LogP contribution is -2.82. The maximum absolute atomic E-state index is 8.58. The fourth-order valence-electron chi connectivity index (χ4n) is 14.0. The van der Waals surface area contributed by atoms with E-state index >= 15 is 0 Å². The van der Waals surface area contributed by atoms with Crippen LogP contribution in [0.4, 0.5) is 0 Å².